The fourth-order valence-electron chi connectivity index (χ4n) is 3.86. The Hall–Kier alpha value is -4.11. The monoisotopic (exact) mass is 424 g/mol. The summed E-state index contributed by atoms with van der Waals surface area (Å²) in [6.45, 7) is 4.04. The van der Waals surface area contributed by atoms with Crippen molar-refractivity contribution in [2.45, 2.75) is 19.9 Å². The van der Waals surface area contributed by atoms with Crippen LogP contribution in [0.1, 0.15) is 33.5 Å². The molecule has 0 atom stereocenters. The summed E-state index contributed by atoms with van der Waals surface area (Å²) in [5, 5.41) is 11.8. The third kappa shape index (κ3) is 4.79. The summed E-state index contributed by atoms with van der Waals surface area (Å²) in [4.78, 5) is 29.2. The molecule has 3 amide bonds. The Morgan fingerprint density at radius 3 is 2.56 bits per heavy atom. The van der Waals surface area contributed by atoms with Crippen molar-refractivity contribution in [3.05, 3.63) is 95.1 Å². The van der Waals surface area contributed by atoms with Gasteiger partial charge in [0.15, 0.2) is 0 Å². The van der Waals surface area contributed by atoms with Crippen LogP contribution in [0, 0.1) is 18.3 Å². The lowest BCUT2D eigenvalue weighted by molar-refractivity contribution is 0.102. The molecule has 0 aromatic heterocycles. The topological polar surface area (TPSA) is 76.4 Å². The molecule has 1 aliphatic heterocycles. The van der Waals surface area contributed by atoms with Gasteiger partial charge in [-0.3, -0.25) is 9.69 Å². The minimum Gasteiger partial charge on any atom is -0.322 e. The van der Waals surface area contributed by atoms with Gasteiger partial charge in [0, 0.05) is 36.6 Å². The number of carbonyl (C=O) groups excluding carboxylic acids is 2. The van der Waals surface area contributed by atoms with Crippen molar-refractivity contribution in [1.29, 1.82) is 5.26 Å². The molecular formula is C26H24N4O2. The number of nitriles is 1. The van der Waals surface area contributed by atoms with Crippen LogP contribution in [0.2, 0.25) is 0 Å². The molecule has 1 saturated heterocycles. The van der Waals surface area contributed by atoms with Gasteiger partial charge in [0.25, 0.3) is 5.91 Å². The smallest absolute Gasteiger partial charge is 0.322 e. The van der Waals surface area contributed by atoms with Crippen molar-refractivity contribution >= 4 is 23.3 Å². The Labute approximate surface area is 187 Å². The third-order valence-corrected chi connectivity index (χ3v) is 5.46. The predicted octanol–water partition coefficient (Wildman–Crippen LogP) is 4.95. The van der Waals surface area contributed by atoms with Gasteiger partial charge in [-0.25, -0.2) is 4.79 Å². The standard InChI is InChI=1S/C26H24N4O2/c1-19-5-2-7-21(15-19)18-29-13-4-14-30(26(29)32)24-11-9-23(10-12-24)28-25(31)22-8-3-6-20(16-22)17-27/h2-3,5-12,15-16H,4,13-14,18H2,1H3,(H,28,31). The minimum absolute atomic E-state index is 0.0112. The van der Waals surface area contributed by atoms with Crippen molar-refractivity contribution in [3.63, 3.8) is 0 Å². The highest BCUT2D eigenvalue weighted by Crippen LogP contribution is 2.24. The molecule has 1 N–H and O–H groups in total. The van der Waals surface area contributed by atoms with Crippen LogP contribution in [0.25, 0.3) is 0 Å². The van der Waals surface area contributed by atoms with Crippen LogP contribution in [0.4, 0.5) is 16.2 Å². The first kappa shape index (κ1) is 21.1. The maximum atomic E-state index is 13.1. The number of nitrogens with zero attached hydrogens (tertiary/aromatic N) is 3. The van der Waals surface area contributed by atoms with E-state index in [0.29, 0.717) is 29.9 Å². The maximum Gasteiger partial charge on any atom is 0.324 e. The zero-order valence-electron chi connectivity index (χ0n) is 17.9. The third-order valence-electron chi connectivity index (χ3n) is 5.46. The quantitative estimate of drug-likeness (QED) is 0.629. The van der Waals surface area contributed by atoms with Gasteiger partial charge in [-0.1, -0.05) is 35.9 Å². The fourth-order valence-corrected chi connectivity index (χ4v) is 3.86. The van der Waals surface area contributed by atoms with Gasteiger partial charge in [-0.2, -0.15) is 5.26 Å². The van der Waals surface area contributed by atoms with Gasteiger partial charge in [-0.15, -0.1) is 0 Å². The maximum absolute atomic E-state index is 13.1. The molecular weight excluding hydrogens is 400 g/mol. The van der Waals surface area contributed by atoms with Crippen LogP contribution >= 0.6 is 0 Å². The number of amides is 3. The Morgan fingerprint density at radius 2 is 1.81 bits per heavy atom. The summed E-state index contributed by atoms with van der Waals surface area (Å²) in [7, 11) is 0. The number of hydrogen-bond acceptors (Lipinski definition) is 3. The lowest BCUT2D eigenvalue weighted by Crippen LogP contribution is -2.49. The molecule has 0 bridgehead atoms. The van der Waals surface area contributed by atoms with E-state index in [-0.39, 0.29) is 11.9 Å². The average molecular weight is 425 g/mol. The predicted molar refractivity (Wildman–Crippen MR) is 125 cm³/mol. The number of hydrogen-bond donors (Lipinski definition) is 1. The first-order valence-corrected chi connectivity index (χ1v) is 10.6. The second-order valence-corrected chi connectivity index (χ2v) is 7.89. The first-order chi connectivity index (χ1) is 15.5. The van der Waals surface area contributed by atoms with E-state index in [1.165, 1.54) is 5.56 Å². The largest absolute Gasteiger partial charge is 0.324 e. The van der Waals surface area contributed by atoms with E-state index < -0.39 is 0 Å². The Bertz CT molecular complexity index is 1180. The highest BCUT2D eigenvalue weighted by Gasteiger charge is 2.26. The van der Waals surface area contributed by atoms with E-state index in [1.54, 1.807) is 41.3 Å². The highest BCUT2D eigenvalue weighted by atomic mass is 16.2. The minimum atomic E-state index is -0.284. The molecule has 4 rings (SSSR count). The number of carbonyl (C=O) groups is 2. The highest BCUT2D eigenvalue weighted by molar-refractivity contribution is 6.04. The van der Waals surface area contributed by atoms with Gasteiger partial charge in [-0.05, 0) is 61.4 Å². The molecule has 160 valence electrons. The molecule has 3 aromatic rings. The van der Waals surface area contributed by atoms with Crippen LogP contribution in [-0.4, -0.2) is 29.9 Å². The van der Waals surface area contributed by atoms with E-state index in [9.17, 15) is 9.59 Å². The van der Waals surface area contributed by atoms with Gasteiger partial charge < -0.3 is 10.2 Å². The van der Waals surface area contributed by atoms with Crippen LogP contribution in [0.15, 0.2) is 72.8 Å². The molecule has 6 nitrogen and oxygen atoms in total. The molecule has 3 aromatic carbocycles. The Balaban J connectivity index is 1.43. The van der Waals surface area contributed by atoms with Crippen molar-refractivity contribution in [3.8, 4) is 6.07 Å². The molecule has 0 spiro atoms. The molecule has 32 heavy (non-hydrogen) atoms. The Kier molecular flexibility index (Phi) is 6.18. The summed E-state index contributed by atoms with van der Waals surface area (Å²) >= 11 is 0. The van der Waals surface area contributed by atoms with Crippen molar-refractivity contribution in [1.82, 2.24) is 4.90 Å². The van der Waals surface area contributed by atoms with E-state index in [0.717, 1.165) is 24.2 Å². The second-order valence-electron chi connectivity index (χ2n) is 7.89. The molecule has 0 unspecified atom stereocenters. The van der Waals surface area contributed by atoms with Crippen LogP contribution in [-0.2, 0) is 6.54 Å². The molecule has 0 radical (unpaired) electrons. The normalized spacial score (nSPS) is 13.6. The van der Waals surface area contributed by atoms with Crippen LogP contribution < -0.4 is 10.2 Å². The fraction of sp³-hybridized carbons (Fsp3) is 0.192. The summed E-state index contributed by atoms with van der Waals surface area (Å²) < 4.78 is 0. The molecule has 0 saturated carbocycles. The van der Waals surface area contributed by atoms with Crippen molar-refractivity contribution in [2.75, 3.05) is 23.3 Å². The Morgan fingerprint density at radius 1 is 1.03 bits per heavy atom. The molecule has 1 fully saturated rings. The van der Waals surface area contributed by atoms with Crippen molar-refractivity contribution in [2.24, 2.45) is 0 Å². The molecule has 6 heteroatoms. The van der Waals surface area contributed by atoms with Gasteiger partial charge in [0.2, 0.25) is 0 Å². The van der Waals surface area contributed by atoms with E-state index in [1.807, 2.05) is 48.2 Å². The summed E-state index contributed by atoms with van der Waals surface area (Å²) in [5.41, 5.74) is 4.59. The lowest BCUT2D eigenvalue weighted by atomic mass is 10.1. The SMILES string of the molecule is Cc1cccc(CN2CCCN(c3ccc(NC(=O)c4cccc(C#N)c4)cc3)C2=O)c1. The van der Waals surface area contributed by atoms with Gasteiger partial charge in [0.05, 0.1) is 11.6 Å². The van der Waals surface area contributed by atoms with E-state index in [2.05, 4.69) is 11.4 Å². The zero-order chi connectivity index (χ0) is 22.5. The van der Waals surface area contributed by atoms with Crippen LogP contribution in [0.3, 0.4) is 0 Å². The van der Waals surface area contributed by atoms with Gasteiger partial charge in [0.1, 0.15) is 0 Å². The number of nitrogens with one attached hydrogen (secondary N) is 1. The van der Waals surface area contributed by atoms with Crippen LogP contribution in [0.5, 0.6) is 0 Å². The molecule has 1 aliphatic rings. The van der Waals surface area contributed by atoms with E-state index >= 15 is 0 Å². The number of aryl methyl sites for hydroxylation is 1. The molecule has 0 aliphatic carbocycles. The summed E-state index contributed by atoms with van der Waals surface area (Å²) in [6.07, 6.45) is 0.894. The lowest BCUT2D eigenvalue weighted by Gasteiger charge is -2.35. The first-order valence-electron chi connectivity index (χ1n) is 10.6. The number of rotatable bonds is 5. The van der Waals surface area contributed by atoms with Crippen molar-refractivity contribution < 1.29 is 9.59 Å². The zero-order valence-corrected chi connectivity index (χ0v) is 17.9. The number of urea groups is 1. The summed E-state index contributed by atoms with van der Waals surface area (Å²) in [6, 6.07) is 24.1. The number of benzene rings is 3. The van der Waals surface area contributed by atoms with Gasteiger partial charge >= 0.3 is 6.03 Å². The number of anilines is 2. The summed E-state index contributed by atoms with van der Waals surface area (Å²) in [5.74, 6) is -0.284. The average Bonchev–Trinajstić information content (AvgIpc) is 2.81. The molecule has 1 heterocycles. The van der Waals surface area contributed by atoms with E-state index in [4.69, 9.17) is 5.26 Å². The second kappa shape index (κ2) is 9.36.